The fourth-order valence-electron chi connectivity index (χ4n) is 1.45. The zero-order valence-electron chi connectivity index (χ0n) is 8.64. The maximum absolute atomic E-state index is 12.7. The largest absolute Gasteiger partial charge is 0.329 e. The Morgan fingerprint density at radius 2 is 1.94 bits per heavy atom. The molecule has 1 aromatic heterocycles. The van der Waals surface area contributed by atoms with Crippen molar-refractivity contribution in [3.63, 3.8) is 0 Å². The molecule has 0 amide bonds. The van der Waals surface area contributed by atoms with E-state index < -0.39 is 0 Å². The van der Waals surface area contributed by atoms with Crippen LogP contribution >= 0.6 is 12.4 Å². The van der Waals surface area contributed by atoms with Gasteiger partial charge in [-0.3, -0.25) is 0 Å². The molecule has 1 heterocycles. The van der Waals surface area contributed by atoms with Crippen molar-refractivity contribution in [2.75, 3.05) is 0 Å². The summed E-state index contributed by atoms with van der Waals surface area (Å²) in [4.78, 5) is 4.02. The minimum Gasteiger partial charge on any atom is -0.329 e. The lowest BCUT2D eigenvalue weighted by Crippen LogP contribution is -2.07. The SMILES string of the molecule is Cl.NCc1cncn1Cc1ccc(F)cc1. The van der Waals surface area contributed by atoms with Gasteiger partial charge in [-0.2, -0.15) is 0 Å². The van der Waals surface area contributed by atoms with Gasteiger partial charge >= 0.3 is 0 Å². The lowest BCUT2D eigenvalue weighted by molar-refractivity contribution is 0.626. The van der Waals surface area contributed by atoms with Crippen LogP contribution in [0.5, 0.6) is 0 Å². The van der Waals surface area contributed by atoms with E-state index in [4.69, 9.17) is 5.73 Å². The molecule has 2 N–H and O–H groups in total. The Labute approximate surface area is 99.5 Å². The average Bonchev–Trinajstić information content (AvgIpc) is 2.69. The minimum absolute atomic E-state index is 0. The topological polar surface area (TPSA) is 43.8 Å². The normalized spacial score (nSPS) is 9.88. The average molecular weight is 242 g/mol. The third-order valence-corrected chi connectivity index (χ3v) is 2.27. The number of nitrogens with two attached hydrogens (primary N) is 1. The lowest BCUT2D eigenvalue weighted by Gasteiger charge is -2.06. The molecule has 0 aliphatic heterocycles. The molecule has 0 bridgehead atoms. The van der Waals surface area contributed by atoms with Crippen LogP contribution in [0.1, 0.15) is 11.3 Å². The summed E-state index contributed by atoms with van der Waals surface area (Å²) in [6.45, 7) is 1.13. The molecule has 0 saturated heterocycles. The summed E-state index contributed by atoms with van der Waals surface area (Å²) in [6.07, 6.45) is 3.47. The van der Waals surface area contributed by atoms with Crippen molar-refractivity contribution in [3.8, 4) is 0 Å². The zero-order chi connectivity index (χ0) is 10.7. The Bertz CT molecular complexity index is 439. The standard InChI is InChI=1S/C11H12FN3.ClH/c12-10-3-1-9(2-4-10)7-15-8-14-6-11(15)5-13;/h1-4,6,8H,5,7,13H2;1H. The van der Waals surface area contributed by atoms with Crippen molar-refractivity contribution in [2.45, 2.75) is 13.1 Å². The molecule has 2 aromatic rings. The van der Waals surface area contributed by atoms with Crippen LogP contribution < -0.4 is 5.73 Å². The monoisotopic (exact) mass is 241 g/mol. The van der Waals surface area contributed by atoms with Gasteiger partial charge in [-0.1, -0.05) is 12.1 Å². The highest BCUT2D eigenvalue weighted by Crippen LogP contribution is 2.07. The highest BCUT2D eigenvalue weighted by atomic mass is 35.5. The van der Waals surface area contributed by atoms with E-state index in [-0.39, 0.29) is 18.2 Å². The third-order valence-electron chi connectivity index (χ3n) is 2.27. The van der Waals surface area contributed by atoms with E-state index in [1.165, 1.54) is 12.1 Å². The van der Waals surface area contributed by atoms with Crippen LogP contribution in [0, 0.1) is 5.82 Å². The molecule has 2 rings (SSSR count). The first kappa shape index (κ1) is 12.7. The number of hydrogen-bond acceptors (Lipinski definition) is 2. The van der Waals surface area contributed by atoms with Gasteiger partial charge in [-0.25, -0.2) is 9.37 Å². The number of benzene rings is 1. The zero-order valence-corrected chi connectivity index (χ0v) is 9.45. The van der Waals surface area contributed by atoms with E-state index >= 15 is 0 Å². The van der Waals surface area contributed by atoms with E-state index in [1.54, 1.807) is 24.7 Å². The fraction of sp³-hybridized carbons (Fsp3) is 0.182. The predicted molar refractivity (Wildman–Crippen MR) is 62.9 cm³/mol. The van der Waals surface area contributed by atoms with E-state index in [1.807, 2.05) is 4.57 Å². The van der Waals surface area contributed by atoms with Crippen molar-refractivity contribution < 1.29 is 4.39 Å². The quantitative estimate of drug-likeness (QED) is 0.893. The molecule has 0 radical (unpaired) electrons. The number of aromatic nitrogens is 2. The Morgan fingerprint density at radius 3 is 2.56 bits per heavy atom. The molecule has 0 fully saturated rings. The summed E-state index contributed by atoms with van der Waals surface area (Å²) >= 11 is 0. The second-order valence-corrected chi connectivity index (χ2v) is 3.34. The molecule has 0 aliphatic rings. The van der Waals surface area contributed by atoms with Crippen LogP contribution in [0.15, 0.2) is 36.8 Å². The Hall–Kier alpha value is -1.39. The molecule has 0 aliphatic carbocycles. The van der Waals surface area contributed by atoms with Gasteiger partial charge in [-0.15, -0.1) is 12.4 Å². The molecule has 0 spiro atoms. The summed E-state index contributed by atoms with van der Waals surface area (Å²) < 4.78 is 14.6. The summed E-state index contributed by atoms with van der Waals surface area (Å²) in [5, 5.41) is 0. The van der Waals surface area contributed by atoms with Crippen molar-refractivity contribution >= 4 is 12.4 Å². The molecule has 16 heavy (non-hydrogen) atoms. The van der Waals surface area contributed by atoms with Crippen molar-refractivity contribution in [2.24, 2.45) is 5.73 Å². The highest BCUT2D eigenvalue weighted by Gasteiger charge is 2.00. The van der Waals surface area contributed by atoms with Gasteiger partial charge in [0.1, 0.15) is 5.82 Å². The number of nitrogens with zero attached hydrogens (tertiary/aromatic N) is 2. The number of hydrogen-bond donors (Lipinski definition) is 1. The molecule has 5 heteroatoms. The van der Waals surface area contributed by atoms with Gasteiger partial charge < -0.3 is 10.3 Å². The van der Waals surface area contributed by atoms with Crippen LogP contribution in [0.4, 0.5) is 4.39 Å². The van der Waals surface area contributed by atoms with Gasteiger partial charge in [0, 0.05) is 19.3 Å². The summed E-state index contributed by atoms with van der Waals surface area (Å²) in [5.41, 5.74) is 7.56. The minimum atomic E-state index is -0.219. The van der Waals surface area contributed by atoms with E-state index in [2.05, 4.69) is 4.98 Å². The molecule has 0 saturated carbocycles. The van der Waals surface area contributed by atoms with Crippen LogP contribution in [-0.4, -0.2) is 9.55 Å². The van der Waals surface area contributed by atoms with Crippen LogP contribution in [0.2, 0.25) is 0 Å². The first-order valence-electron chi connectivity index (χ1n) is 4.73. The van der Waals surface area contributed by atoms with E-state index in [0.29, 0.717) is 13.1 Å². The molecular weight excluding hydrogens is 229 g/mol. The summed E-state index contributed by atoms with van der Waals surface area (Å²) in [6, 6.07) is 6.42. The first-order chi connectivity index (χ1) is 7.29. The summed E-state index contributed by atoms with van der Waals surface area (Å²) in [7, 11) is 0. The second kappa shape index (κ2) is 5.63. The van der Waals surface area contributed by atoms with Gasteiger partial charge in [0.15, 0.2) is 0 Å². The van der Waals surface area contributed by atoms with E-state index in [0.717, 1.165) is 11.3 Å². The summed E-state index contributed by atoms with van der Waals surface area (Å²) in [5.74, 6) is -0.219. The van der Waals surface area contributed by atoms with Gasteiger partial charge in [0.25, 0.3) is 0 Å². The first-order valence-corrected chi connectivity index (χ1v) is 4.73. The van der Waals surface area contributed by atoms with Crippen molar-refractivity contribution in [3.05, 3.63) is 53.9 Å². The van der Waals surface area contributed by atoms with Gasteiger partial charge in [-0.05, 0) is 17.7 Å². The molecule has 0 unspecified atom stereocenters. The molecular formula is C11H13ClFN3. The maximum atomic E-state index is 12.7. The highest BCUT2D eigenvalue weighted by molar-refractivity contribution is 5.85. The van der Waals surface area contributed by atoms with Crippen molar-refractivity contribution in [1.82, 2.24) is 9.55 Å². The molecule has 1 aromatic carbocycles. The molecule has 86 valence electrons. The Morgan fingerprint density at radius 1 is 1.25 bits per heavy atom. The number of imidazole rings is 1. The van der Waals surface area contributed by atoms with Crippen molar-refractivity contribution in [1.29, 1.82) is 0 Å². The number of rotatable bonds is 3. The third kappa shape index (κ3) is 2.81. The van der Waals surface area contributed by atoms with Crippen LogP contribution in [0.3, 0.4) is 0 Å². The van der Waals surface area contributed by atoms with Crippen LogP contribution in [0.25, 0.3) is 0 Å². The molecule has 0 atom stereocenters. The number of halogens is 2. The predicted octanol–water partition coefficient (Wildman–Crippen LogP) is 1.95. The Kier molecular flexibility index (Phi) is 4.46. The fourth-order valence-corrected chi connectivity index (χ4v) is 1.45. The Balaban J connectivity index is 0.00000128. The lowest BCUT2D eigenvalue weighted by atomic mass is 10.2. The smallest absolute Gasteiger partial charge is 0.123 e. The van der Waals surface area contributed by atoms with E-state index in [9.17, 15) is 4.39 Å². The maximum Gasteiger partial charge on any atom is 0.123 e. The van der Waals surface area contributed by atoms with Gasteiger partial charge in [0.2, 0.25) is 0 Å². The molecule has 3 nitrogen and oxygen atoms in total. The second-order valence-electron chi connectivity index (χ2n) is 3.34. The van der Waals surface area contributed by atoms with Gasteiger partial charge in [0.05, 0.1) is 12.0 Å². The van der Waals surface area contributed by atoms with Crippen LogP contribution in [-0.2, 0) is 13.1 Å².